The highest BCUT2D eigenvalue weighted by Gasteiger charge is 2.21. The first-order valence-corrected chi connectivity index (χ1v) is 9.55. The molecule has 0 saturated heterocycles. The Balaban J connectivity index is 2.12. The second-order valence-electron chi connectivity index (χ2n) is 7.47. The summed E-state index contributed by atoms with van der Waals surface area (Å²) in [7, 11) is 0. The lowest BCUT2D eigenvalue weighted by Crippen LogP contribution is -2.41. The summed E-state index contributed by atoms with van der Waals surface area (Å²) in [4.78, 5) is 23.2. The maximum absolute atomic E-state index is 12.0. The van der Waals surface area contributed by atoms with Gasteiger partial charge in [0.15, 0.2) is 0 Å². The van der Waals surface area contributed by atoms with Gasteiger partial charge in [0.05, 0.1) is 6.42 Å². The Hall–Kier alpha value is -2.24. The van der Waals surface area contributed by atoms with Gasteiger partial charge in [0.1, 0.15) is 5.60 Å². The molecule has 2 aromatic rings. The molecule has 0 fully saturated rings. The van der Waals surface area contributed by atoms with Crippen molar-refractivity contribution >= 4 is 35.3 Å². The van der Waals surface area contributed by atoms with Crippen LogP contribution in [0.1, 0.15) is 32.8 Å². The van der Waals surface area contributed by atoms with Crippen molar-refractivity contribution in [3.8, 4) is 11.1 Å². The first-order valence-electron chi connectivity index (χ1n) is 8.79. The minimum Gasteiger partial charge on any atom is -0.481 e. The number of amides is 1. The standard InChI is InChI=1S/C21H23Cl2NO4/c1-21(2,3)28-20(27)24-16(12-19(25)26)10-13-4-6-14(7-5-13)17-11-15(22)8-9-18(17)23/h4-9,11,16H,10,12H2,1-3H3,(H,24,27)(H,25,26). The van der Waals surface area contributed by atoms with E-state index >= 15 is 0 Å². The molecule has 7 heteroatoms. The molecule has 0 radical (unpaired) electrons. The van der Waals surface area contributed by atoms with Gasteiger partial charge in [-0.25, -0.2) is 4.79 Å². The fraction of sp³-hybridized carbons (Fsp3) is 0.333. The number of carboxylic acids is 1. The van der Waals surface area contributed by atoms with Crippen molar-refractivity contribution in [1.82, 2.24) is 5.32 Å². The average molecular weight is 424 g/mol. The van der Waals surface area contributed by atoms with Gasteiger partial charge in [0.25, 0.3) is 0 Å². The van der Waals surface area contributed by atoms with Crippen LogP contribution in [0.2, 0.25) is 10.0 Å². The van der Waals surface area contributed by atoms with Crippen molar-refractivity contribution in [3.63, 3.8) is 0 Å². The lowest BCUT2D eigenvalue weighted by molar-refractivity contribution is -0.137. The predicted molar refractivity (Wildman–Crippen MR) is 111 cm³/mol. The summed E-state index contributed by atoms with van der Waals surface area (Å²) < 4.78 is 5.22. The van der Waals surface area contributed by atoms with E-state index in [-0.39, 0.29) is 6.42 Å². The van der Waals surface area contributed by atoms with Gasteiger partial charge in [-0.2, -0.15) is 0 Å². The molecule has 150 valence electrons. The summed E-state index contributed by atoms with van der Waals surface area (Å²) in [6.07, 6.45) is -0.489. The molecular weight excluding hydrogens is 401 g/mol. The molecule has 0 aliphatic rings. The van der Waals surface area contributed by atoms with Crippen molar-refractivity contribution in [1.29, 1.82) is 0 Å². The number of carbonyl (C=O) groups is 2. The summed E-state index contributed by atoms with van der Waals surface area (Å²) in [5.74, 6) is -0.997. The Labute approximate surface area is 174 Å². The molecule has 2 N–H and O–H groups in total. The lowest BCUT2D eigenvalue weighted by Gasteiger charge is -2.23. The number of rotatable bonds is 6. The number of benzene rings is 2. The molecule has 1 unspecified atom stereocenters. The summed E-state index contributed by atoms with van der Waals surface area (Å²) in [5, 5.41) is 13.0. The normalized spacial score (nSPS) is 12.3. The molecule has 1 amide bonds. The average Bonchev–Trinajstić information content (AvgIpc) is 2.55. The van der Waals surface area contributed by atoms with Gasteiger partial charge in [-0.15, -0.1) is 0 Å². The topological polar surface area (TPSA) is 75.6 Å². The molecule has 0 aliphatic carbocycles. The van der Waals surface area contributed by atoms with E-state index in [2.05, 4.69) is 5.32 Å². The molecule has 0 saturated carbocycles. The van der Waals surface area contributed by atoms with Crippen molar-refractivity contribution in [3.05, 3.63) is 58.1 Å². The maximum Gasteiger partial charge on any atom is 0.407 e. The van der Waals surface area contributed by atoms with Crippen LogP contribution in [0.25, 0.3) is 11.1 Å². The Morgan fingerprint density at radius 3 is 2.32 bits per heavy atom. The molecular formula is C21H23Cl2NO4. The molecule has 0 spiro atoms. The summed E-state index contributed by atoms with van der Waals surface area (Å²) in [6, 6.07) is 12.2. The third kappa shape index (κ3) is 7.06. The van der Waals surface area contributed by atoms with Gasteiger partial charge in [-0.3, -0.25) is 4.79 Å². The molecule has 1 atom stereocenters. The number of halogens is 2. The van der Waals surface area contributed by atoms with E-state index in [4.69, 9.17) is 33.0 Å². The van der Waals surface area contributed by atoms with Crippen LogP contribution in [0.3, 0.4) is 0 Å². The van der Waals surface area contributed by atoms with Crippen LogP contribution in [0.15, 0.2) is 42.5 Å². The van der Waals surface area contributed by atoms with E-state index in [1.807, 2.05) is 24.3 Å². The Morgan fingerprint density at radius 2 is 1.75 bits per heavy atom. The third-order valence-corrected chi connectivity index (χ3v) is 4.38. The summed E-state index contributed by atoms with van der Waals surface area (Å²) in [5.41, 5.74) is 1.93. The highest BCUT2D eigenvalue weighted by Crippen LogP contribution is 2.30. The molecule has 0 heterocycles. The van der Waals surface area contributed by atoms with E-state index < -0.39 is 23.7 Å². The number of hydrogen-bond donors (Lipinski definition) is 2. The number of aliphatic carboxylic acids is 1. The smallest absolute Gasteiger partial charge is 0.407 e. The lowest BCUT2D eigenvalue weighted by atomic mass is 9.99. The summed E-state index contributed by atoms with van der Waals surface area (Å²) in [6.45, 7) is 5.25. The van der Waals surface area contributed by atoms with E-state index in [0.29, 0.717) is 16.5 Å². The predicted octanol–water partition coefficient (Wildman–Crippen LogP) is 5.57. The van der Waals surface area contributed by atoms with Crippen molar-refractivity contribution in [2.75, 3.05) is 0 Å². The zero-order valence-electron chi connectivity index (χ0n) is 16.0. The Morgan fingerprint density at radius 1 is 1.11 bits per heavy atom. The minimum absolute atomic E-state index is 0.207. The number of carboxylic acid groups (broad SMARTS) is 1. The molecule has 2 aromatic carbocycles. The van der Waals surface area contributed by atoms with Crippen LogP contribution in [0.4, 0.5) is 4.79 Å². The van der Waals surface area contributed by atoms with E-state index in [0.717, 1.165) is 16.7 Å². The van der Waals surface area contributed by atoms with Crippen molar-refractivity contribution in [2.24, 2.45) is 0 Å². The second-order valence-corrected chi connectivity index (χ2v) is 8.31. The van der Waals surface area contributed by atoms with Crippen LogP contribution in [0.5, 0.6) is 0 Å². The highest BCUT2D eigenvalue weighted by atomic mass is 35.5. The largest absolute Gasteiger partial charge is 0.481 e. The quantitative estimate of drug-likeness (QED) is 0.636. The molecule has 0 aromatic heterocycles. The van der Waals surface area contributed by atoms with Crippen molar-refractivity contribution in [2.45, 2.75) is 45.3 Å². The van der Waals surface area contributed by atoms with Crippen LogP contribution in [-0.4, -0.2) is 28.8 Å². The van der Waals surface area contributed by atoms with Crippen LogP contribution in [-0.2, 0) is 16.0 Å². The number of hydrogen-bond acceptors (Lipinski definition) is 3. The number of alkyl carbamates (subject to hydrolysis) is 1. The van der Waals surface area contributed by atoms with Gasteiger partial charge in [-0.05, 0) is 56.5 Å². The van der Waals surface area contributed by atoms with E-state index in [1.165, 1.54) is 0 Å². The van der Waals surface area contributed by atoms with Gasteiger partial charge < -0.3 is 15.2 Å². The van der Waals surface area contributed by atoms with Crippen molar-refractivity contribution < 1.29 is 19.4 Å². The van der Waals surface area contributed by atoms with E-state index in [1.54, 1.807) is 39.0 Å². The molecule has 0 bridgehead atoms. The van der Waals surface area contributed by atoms with Gasteiger partial charge >= 0.3 is 12.1 Å². The first-order chi connectivity index (χ1) is 13.0. The van der Waals surface area contributed by atoms with Crippen LogP contribution >= 0.6 is 23.2 Å². The molecule has 2 rings (SSSR count). The Kier molecular flexibility index (Phi) is 7.33. The van der Waals surface area contributed by atoms with Gasteiger partial charge in [-0.1, -0.05) is 47.5 Å². The third-order valence-electron chi connectivity index (χ3n) is 3.82. The SMILES string of the molecule is CC(C)(C)OC(=O)NC(CC(=O)O)Cc1ccc(-c2cc(Cl)ccc2Cl)cc1. The molecule has 28 heavy (non-hydrogen) atoms. The highest BCUT2D eigenvalue weighted by molar-refractivity contribution is 6.35. The Bertz CT molecular complexity index is 844. The zero-order chi connectivity index (χ0) is 20.9. The fourth-order valence-electron chi connectivity index (χ4n) is 2.68. The number of ether oxygens (including phenoxy) is 1. The molecule has 0 aliphatic heterocycles. The zero-order valence-corrected chi connectivity index (χ0v) is 17.5. The van der Waals surface area contributed by atoms with E-state index in [9.17, 15) is 9.59 Å². The number of nitrogens with one attached hydrogen (secondary N) is 1. The minimum atomic E-state index is -0.997. The van der Waals surface area contributed by atoms with Gasteiger partial charge in [0.2, 0.25) is 0 Å². The second kappa shape index (κ2) is 9.30. The fourth-order valence-corrected chi connectivity index (χ4v) is 3.08. The first kappa shape index (κ1) is 22.1. The van der Waals surface area contributed by atoms with Gasteiger partial charge in [0, 0.05) is 21.7 Å². The molecule has 5 nitrogen and oxygen atoms in total. The summed E-state index contributed by atoms with van der Waals surface area (Å²) >= 11 is 12.3. The van der Waals surface area contributed by atoms with Crippen LogP contribution < -0.4 is 5.32 Å². The van der Waals surface area contributed by atoms with Crippen LogP contribution in [0, 0.1) is 0 Å². The number of carbonyl (C=O) groups excluding carboxylic acids is 1. The maximum atomic E-state index is 12.0. The monoisotopic (exact) mass is 423 g/mol.